The van der Waals surface area contributed by atoms with E-state index in [1.54, 1.807) is 0 Å². The van der Waals surface area contributed by atoms with Gasteiger partial charge in [-0.25, -0.2) is 74.6 Å². The third-order valence-electron chi connectivity index (χ3n) is 7.88. The van der Waals surface area contributed by atoms with Crippen molar-refractivity contribution in [1.82, 2.24) is 0 Å². The van der Waals surface area contributed by atoms with E-state index >= 15 is 30.7 Å². The summed E-state index contributed by atoms with van der Waals surface area (Å²) in [5, 5.41) is 0. The Balaban J connectivity index is 1.78. The summed E-state index contributed by atoms with van der Waals surface area (Å²) in [6, 6.07) is -0.177. The molecule has 0 spiro atoms. The number of hydrogen-bond acceptors (Lipinski definition) is 2. The van der Waals surface area contributed by atoms with E-state index in [0.717, 1.165) is 0 Å². The Labute approximate surface area is 288 Å². The maximum absolute atomic E-state index is 16.0. The second-order valence-electron chi connectivity index (χ2n) is 10.8. The molecule has 5 aromatic rings. The highest BCUT2D eigenvalue weighted by atomic mass is 19.3. The topological polar surface area (TPSA) is 18.5 Å². The highest BCUT2D eigenvalue weighted by molar-refractivity contribution is 6.63. The van der Waals surface area contributed by atoms with Crippen LogP contribution in [0.5, 0.6) is 11.5 Å². The first-order valence-electron chi connectivity index (χ1n) is 13.8. The summed E-state index contributed by atoms with van der Waals surface area (Å²) in [7, 11) is -4.26. The summed E-state index contributed by atoms with van der Waals surface area (Å²) in [5.41, 5.74) is -19.1. The number of hydrogen-bond donors (Lipinski definition) is 0. The van der Waals surface area contributed by atoms with Gasteiger partial charge in [-0.1, -0.05) is 0 Å². The molecule has 0 fully saturated rings. The monoisotopic (exact) mass is 816 g/mol. The first-order chi connectivity index (χ1) is 25.5. The van der Waals surface area contributed by atoms with Gasteiger partial charge in [-0.2, -0.15) is 17.6 Å². The Hall–Kier alpha value is -5.71. The highest BCUT2D eigenvalue weighted by Crippen LogP contribution is 2.55. The summed E-state index contributed by atoms with van der Waals surface area (Å²) in [5.74, 6) is -68.4. The van der Waals surface area contributed by atoms with Crippen LogP contribution >= 0.6 is 0 Å². The van der Waals surface area contributed by atoms with Crippen molar-refractivity contribution in [1.29, 1.82) is 0 Å². The van der Waals surface area contributed by atoms with Gasteiger partial charge in [0.2, 0.25) is 23.3 Å². The van der Waals surface area contributed by atoms with Crippen LogP contribution in [0.15, 0.2) is 12.1 Å². The Morgan fingerprint density at radius 3 is 1.22 bits per heavy atom. The zero-order chi connectivity index (χ0) is 41.1. The van der Waals surface area contributed by atoms with Gasteiger partial charge in [0, 0.05) is 16.7 Å². The van der Waals surface area contributed by atoms with Crippen LogP contribution in [0.3, 0.4) is 0 Å². The van der Waals surface area contributed by atoms with Crippen molar-refractivity contribution >= 4 is 12.6 Å². The minimum Gasteiger partial charge on any atom is -0.519 e. The average molecular weight is 816 g/mol. The normalized spacial score (nSPS) is 13.0. The lowest BCUT2D eigenvalue weighted by Gasteiger charge is -2.25. The number of fused-ring (bicyclic) bond motifs is 3. The molecule has 24 heteroatoms. The molecule has 0 heterocycles. The second-order valence-corrected chi connectivity index (χ2v) is 10.8. The third-order valence-corrected chi connectivity index (χ3v) is 7.88. The van der Waals surface area contributed by atoms with E-state index < -0.39 is 174 Å². The third kappa shape index (κ3) is 5.33. The van der Waals surface area contributed by atoms with E-state index in [1.807, 2.05) is 0 Å². The van der Waals surface area contributed by atoms with Crippen molar-refractivity contribution < 1.29 is 102 Å². The van der Waals surface area contributed by atoms with E-state index in [0.29, 0.717) is 0 Å². The first-order valence-corrected chi connectivity index (χ1v) is 13.8. The molecule has 0 bridgehead atoms. The van der Waals surface area contributed by atoms with Crippen LogP contribution in [0.4, 0.5) is 92.2 Å². The standard InChI is InChI=1S/C31H2BF21O2/c33-3-1-2-4(34)29(12(3)35)54-32(55-30-8(17(40)24(47)27(50)28(30)51)7-15(38)22(45)26(49)23(46)16(7)39)11-9-5(13(36)20(43)19(11)42)6-10(31(9,52)53)18(41)25(48)21(44)14(6)37/h1-2H. The molecule has 0 unspecified atom stereocenters. The minimum absolute atomic E-state index is 0.0612. The molecule has 0 radical (unpaired) electrons. The van der Waals surface area contributed by atoms with Gasteiger partial charge in [-0.3, -0.25) is 0 Å². The molecular formula is C31H2BF21O2. The summed E-state index contributed by atoms with van der Waals surface area (Å²) in [6.07, 6.45) is 0. The molecule has 0 saturated heterocycles. The highest BCUT2D eigenvalue weighted by Gasteiger charge is 2.57. The van der Waals surface area contributed by atoms with Crippen LogP contribution in [-0.4, -0.2) is 7.12 Å². The maximum Gasteiger partial charge on any atom is 0.636 e. The predicted molar refractivity (Wildman–Crippen MR) is 139 cm³/mol. The van der Waals surface area contributed by atoms with Crippen LogP contribution in [0, 0.1) is 111 Å². The number of halogens is 21. The van der Waals surface area contributed by atoms with Crippen molar-refractivity contribution in [3.05, 3.63) is 134 Å². The quantitative estimate of drug-likeness (QED) is 0.0736. The van der Waals surface area contributed by atoms with E-state index in [2.05, 4.69) is 9.31 Å². The fourth-order valence-electron chi connectivity index (χ4n) is 5.49. The zero-order valence-corrected chi connectivity index (χ0v) is 25.0. The largest absolute Gasteiger partial charge is 0.636 e. The van der Waals surface area contributed by atoms with E-state index in [-0.39, 0.29) is 12.1 Å². The molecule has 6 rings (SSSR count). The van der Waals surface area contributed by atoms with Crippen molar-refractivity contribution in [2.24, 2.45) is 0 Å². The molecule has 0 aromatic heterocycles. The van der Waals surface area contributed by atoms with Gasteiger partial charge in [-0.05, 0) is 12.1 Å². The minimum atomic E-state index is -5.78. The lowest BCUT2D eigenvalue weighted by molar-refractivity contribution is 0.0433. The fourth-order valence-corrected chi connectivity index (χ4v) is 5.49. The lowest BCUT2D eigenvalue weighted by Crippen LogP contribution is -2.49. The molecule has 0 aliphatic heterocycles. The lowest BCUT2D eigenvalue weighted by atomic mass is 9.72. The van der Waals surface area contributed by atoms with Gasteiger partial charge in [-0.15, -0.1) is 0 Å². The second kappa shape index (κ2) is 13.0. The van der Waals surface area contributed by atoms with Gasteiger partial charge >= 0.3 is 13.0 Å². The number of rotatable bonds is 6. The molecule has 0 amide bonds. The number of benzene rings is 5. The van der Waals surface area contributed by atoms with Crippen LogP contribution < -0.4 is 14.8 Å². The molecule has 0 N–H and O–H groups in total. The molecule has 288 valence electrons. The Bertz CT molecular complexity index is 2510. The van der Waals surface area contributed by atoms with E-state index in [4.69, 9.17) is 0 Å². The molecular weight excluding hydrogens is 814 g/mol. The average Bonchev–Trinajstić information content (AvgIpc) is 3.39. The first kappa shape index (κ1) is 39.0. The van der Waals surface area contributed by atoms with Crippen LogP contribution in [-0.2, 0) is 5.92 Å². The summed E-state index contributed by atoms with van der Waals surface area (Å²) in [6.45, 7) is 0. The Morgan fingerprint density at radius 2 is 0.691 bits per heavy atom. The molecule has 1 aliphatic rings. The number of alkyl halides is 2. The molecule has 0 saturated carbocycles. The van der Waals surface area contributed by atoms with Crippen molar-refractivity contribution in [2.75, 3.05) is 0 Å². The molecule has 5 aromatic carbocycles. The summed E-state index contributed by atoms with van der Waals surface area (Å²) < 4.78 is 320. The molecule has 1 aliphatic carbocycles. The summed E-state index contributed by atoms with van der Waals surface area (Å²) in [4.78, 5) is 0. The van der Waals surface area contributed by atoms with E-state index in [1.165, 1.54) is 0 Å². The predicted octanol–water partition coefficient (Wildman–Crippen LogP) is 9.97. The van der Waals surface area contributed by atoms with Gasteiger partial charge in [0.25, 0.3) is 0 Å². The van der Waals surface area contributed by atoms with Gasteiger partial charge < -0.3 is 9.31 Å². The van der Waals surface area contributed by atoms with Gasteiger partial charge in [0.1, 0.15) is 0 Å². The van der Waals surface area contributed by atoms with Crippen molar-refractivity contribution in [3.63, 3.8) is 0 Å². The van der Waals surface area contributed by atoms with Gasteiger partial charge in [0.05, 0.1) is 22.2 Å². The van der Waals surface area contributed by atoms with Crippen molar-refractivity contribution in [3.8, 4) is 33.8 Å². The Kier molecular flexibility index (Phi) is 9.19. The fraction of sp³-hybridized carbons (Fsp3) is 0.0323. The van der Waals surface area contributed by atoms with E-state index in [9.17, 15) is 61.5 Å². The Morgan fingerprint density at radius 1 is 0.327 bits per heavy atom. The smallest absolute Gasteiger partial charge is 0.519 e. The SMILES string of the molecule is Fc1ccc(F)c(OB(Oc2c(F)c(F)c(F)c(F)c2-c2c(F)c(F)c(F)c(F)c2F)c2c(F)c(F)c(F)c3c2C(F)(F)c2c(F)c(F)c(F)c(F)c2-3)c1F. The zero-order valence-electron chi connectivity index (χ0n) is 25.0. The van der Waals surface area contributed by atoms with Crippen LogP contribution in [0.25, 0.3) is 22.3 Å². The van der Waals surface area contributed by atoms with Gasteiger partial charge in [0.15, 0.2) is 98.8 Å². The molecule has 0 atom stereocenters. The van der Waals surface area contributed by atoms with Crippen LogP contribution in [0.1, 0.15) is 11.1 Å². The molecule has 2 nitrogen and oxygen atoms in total. The summed E-state index contributed by atoms with van der Waals surface area (Å²) >= 11 is 0. The van der Waals surface area contributed by atoms with Crippen molar-refractivity contribution in [2.45, 2.75) is 5.92 Å². The van der Waals surface area contributed by atoms with Crippen LogP contribution in [0.2, 0.25) is 0 Å². The molecule has 55 heavy (non-hydrogen) atoms. The maximum atomic E-state index is 16.0.